The summed E-state index contributed by atoms with van der Waals surface area (Å²) in [5.74, 6) is -2.68. The molecule has 0 unspecified atom stereocenters. The predicted molar refractivity (Wildman–Crippen MR) is 348 cm³/mol. The number of anilines is 3. The van der Waals surface area contributed by atoms with E-state index in [9.17, 15) is 56.3 Å². The summed E-state index contributed by atoms with van der Waals surface area (Å²) in [5, 5.41) is 15.8. The summed E-state index contributed by atoms with van der Waals surface area (Å²) in [7, 11) is 0. The molecular weight excluding hydrogens is 1240 g/mol. The van der Waals surface area contributed by atoms with Crippen LogP contribution < -0.4 is 58.1 Å². The van der Waals surface area contributed by atoms with Crippen molar-refractivity contribution in [3.05, 3.63) is 162 Å². The summed E-state index contributed by atoms with van der Waals surface area (Å²) in [4.78, 5) is 109. The van der Waals surface area contributed by atoms with E-state index in [0.29, 0.717) is 58.0 Å². The Labute approximate surface area is 547 Å². The first-order chi connectivity index (χ1) is 45.0. The second-order valence-electron chi connectivity index (χ2n) is 23.5. The average molecular weight is 1310 g/mol. The minimum atomic E-state index is -0.787. The summed E-state index contributed by atoms with van der Waals surface area (Å²) in [6.45, 7) is 14.8. The van der Waals surface area contributed by atoms with Crippen LogP contribution in [0.2, 0.25) is 0 Å². The Hall–Kier alpha value is -10.5. The zero-order valence-electron chi connectivity index (χ0n) is 53.8. The Kier molecular flexibility index (Phi) is 24.9. The lowest BCUT2D eigenvalue weighted by molar-refractivity contribution is -0.123. The van der Waals surface area contributed by atoms with Crippen molar-refractivity contribution in [1.29, 1.82) is 0 Å². The molecule has 95 heavy (non-hydrogen) atoms. The molecule has 0 saturated carbocycles. The van der Waals surface area contributed by atoms with E-state index in [1.54, 1.807) is 120 Å². The van der Waals surface area contributed by atoms with Crippen molar-refractivity contribution in [2.24, 2.45) is 11.5 Å². The topological polar surface area (TPSA) is 324 Å². The molecule has 6 aromatic carbocycles. The largest absolute Gasteiger partial charge is 0.444 e. The van der Waals surface area contributed by atoms with E-state index in [0.717, 1.165) is 22.3 Å². The predicted octanol–water partition coefficient (Wildman–Crippen LogP) is 7.81. The SMILES string of the molecule is CC(=O)NC[C@H]1CN(c2ccc(-c3ccc(CN)cc3)c(F)c2)C(=O)O1.CC(=O)NC[C@H]1CN(c2ccc(-c3ccc(CNC(=O)[C@@H](C)N)cc3)c(F)c2)C(=O)O1.CC(=O)NC[C@H]1CN(c2ccc(-c3ccc(CNC(=O)[C@@H](C)NC(=O)OC(C)(C)C)cc3)c(F)c2)C(=O)O1. The van der Waals surface area contributed by atoms with Crippen LogP contribution in [0, 0.1) is 17.5 Å². The fourth-order valence-corrected chi connectivity index (χ4v) is 9.67. The van der Waals surface area contributed by atoms with Gasteiger partial charge in [0.15, 0.2) is 0 Å². The zero-order valence-corrected chi connectivity index (χ0v) is 53.8. The van der Waals surface area contributed by atoms with Gasteiger partial charge in [0, 0.05) is 57.1 Å². The van der Waals surface area contributed by atoms with Crippen LogP contribution in [0.4, 0.5) is 49.4 Å². The van der Waals surface area contributed by atoms with Crippen LogP contribution in [0.1, 0.15) is 72.1 Å². The van der Waals surface area contributed by atoms with Crippen molar-refractivity contribution in [2.75, 3.05) is 54.0 Å². The molecule has 3 saturated heterocycles. The Morgan fingerprint density at radius 1 is 0.505 bits per heavy atom. The monoisotopic (exact) mass is 1310 g/mol. The van der Waals surface area contributed by atoms with Crippen LogP contribution in [-0.4, -0.2) is 129 Å². The van der Waals surface area contributed by atoms with Crippen molar-refractivity contribution in [3.63, 3.8) is 0 Å². The summed E-state index contributed by atoms with van der Waals surface area (Å²) in [6, 6.07) is 33.7. The van der Waals surface area contributed by atoms with Gasteiger partial charge in [-0.25, -0.2) is 32.3 Å². The van der Waals surface area contributed by atoms with Gasteiger partial charge in [-0.05, 0) is 123 Å². The number of benzene rings is 6. The molecule has 9 amide bonds. The van der Waals surface area contributed by atoms with Gasteiger partial charge in [0.25, 0.3) is 0 Å². The Bertz CT molecular complexity index is 3760. The van der Waals surface area contributed by atoms with Crippen molar-refractivity contribution in [3.8, 4) is 33.4 Å². The van der Waals surface area contributed by atoms with Gasteiger partial charge in [-0.2, -0.15) is 0 Å². The molecule has 0 aliphatic carbocycles. The lowest BCUT2D eigenvalue weighted by Crippen LogP contribution is -2.46. The van der Waals surface area contributed by atoms with Gasteiger partial charge in [0.2, 0.25) is 29.5 Å². The number of halogens is 3. The number of nitrogens with one attached hydrogen (secondary N) is 6. The fraction of sp³-hybridized carbons (Fsp3) is 0.338. The van der Waals surface area contributed by atoms with Crippen molar-refractivity contribution < 1.29 is 75.3 Å². The summed E-state index contributed by atoms with van der Waals surface area (Å²) in [5.41, 5.74) is 17.4. The van der Waals surface area contributed by atoms with E-state index in [4.69, 9.17) is 30.4 Å². The summed E-state index contributed by atoms with van der Waals surface area (Å²) in [6.07, 6.45) is -3.88. The van der Waals surface area contributed by atoms with Gasteiger partial charge in [-0.15, -0.1) is 0 Å². The Balaban J connectivity index is 0.000000205. The lowest BCUT2D eigenvalue weighted by atomic mass is 10.0. The lowest BCUT2D eigenvalue weighted by Gasteiger charge is -2.21. The third-order valence-corrected chi connectivity index (χ3v) is 14.7. The first kappa shape index (κ1) is 71.9. The highest BCUT2D eigenvalue weighted by atomic mass is 19.1. The average Bonchev–Trinajstić information content (AvgIpc) is 1.81. The molecule has 0 radical (unpaired) electrons. The molecule has 0 bridgehead atoms. The number of hydrogen-bond donors (Lipinski definition) is 8. The Morgan fingerprint density at radius 2 is 0.821 bits per heavy atom. The number of nitrogens with two attached hydrogens (primary N) is 2. The van der Waals surface area contributed by atoms with Crippen LogP contribution in [0.5, 0.6) is 0 Å². The number of cyclic esters (lactones) is 3. The van der Waals surface area contributed by atoms with E-state index in [2.05, 4.69) is 31.9 Å². The Morgan fingerprint density at radius 3 is 1.11 bits per heavy atom. The van der Waals surface area contributed by atoms with E-state index in [1.807, 2.05) is 24.3 Å². The van der Waals surface area contributed by atoms with Crippen LogP contribution in [0.3, 0.4) is 0 Å². The quantitative estimate of drug-likeness (QED) is 0.0338. The number of rotatable bonds is 20. The van der Waals surface area contributed by atoms with Gasteiger partial charge in [-0.1, -0.05) is 72.8 Å². The van der Waals surface area contributed by atoms with Gasteiger partial charge >= 0.3 is 24.4 Å². The normalized spacial score (nSPS) is 16.3. The molecule has 3 fully saturated rings. The molecule has 3 heterocycles. The smallest absolute Gasteiger partial charge is 0.414 e. The molecule has 3 aliphatic heterocycles. The van der Waals surface area contributed by atoms with Crippen LogP contribution >= 0.6 is 0 Å². The number of alkyl carbamates (subject to hydrolysis) is 1. The fourth-order valence-electron chi connectivity index (χ4n) is 9.67. The van der Waals surface area contributed by atoms with Gasteiger partial charge in [0.1, 0.15) is 47.4 Å². The van der Waals surface area contributed by atoms with E-state index in [-0.39, 0.29) is 75.3 Å². The molecule has 9 rings (SSSR count). The van der Waals surface area contributed by atoms with E-state index in [1.165, 1.54) is 53.7 Å². The molecular formula is C68H78F3N11O13. The number of carbonyl (C=O) groups is 9. The molecule has 0 aromatic heterocycles. The second-order valence-corrected chi connectivity index (χ2v) is 23.5. The van der Waals surface area contributed by atoms with Crippen LogP contribution in [0.25, 0.3) is 33.4 Å². The van der Waals surface area contributed by atoms with Crippen molar-refractivity contribution in [1.82, 2.24) is 31.9 Å². The highest BCUT2D eigenvalue weighted by Gasteiger charge is 2.35. The molecule has 24 nitrogen and oxygen atoms in total. The second kappa shape index (κ2) is 32.8. The van der Waals surface area contributed by atoms with Crippen LogP contribution in [0.15, 0.2) is 127 Å². The molecule has 3 aliphatic rings. The van der Waals surface area contributed by atoms with Gasteiger partial charge in [0.05, 0.1) is 62.4 Å². The third kappa shape index (κ3) is 21.0. The number of amides is 9. The van der Waals surface area contributed by atoms with Gasteiger partial charge in [-0.3, -0.25) is 38.7 Å². The number of hydrogen-bond acceptors (Lipinski definition) is 15. The molecule has 6 aromatic rings. The highest BCUT2D eigenvalue weighted by Crippen LogP contribution is 2.33. The van der Waals surface area contributed by atoms with E-state index < -0.39 is 77.8 Å². The maximum Gasteiger partial charge on any atom is 0.414 e. The number of carbonyl (C=O) groups excluding carboxylic acids is 9. The summed E-state index contributed by atoms with van der Waals surface area (Å²) < 4.78 is 65.2. The first-order valence-electron chi connectivity index (χ1n) is 30.4. The standard InChI is InChI=1S/C27H33FN4O6.C22H25FN4O4.C19H20FN3O3/c1-16(31-25(35)38-27(3,4)5)24(34)30-13-18-6-8-19(9-7-18)22-11-10-20(12-23(22)28)32-15-21(37-26(32)36)14-29-17(2)33;1-13(24)21(29)26-10-15-3-5-16(6-4-15)19-8-7-17(9-20(19)23)27-12-18(31-22(27)30)11-25-14(2)28;1-12(24)22-10-16-11-23(19(25)26-16)15-6-7-17(18(20)8-15)14-4-2-13(9-21)3-5-14/h6-12,16,21H,13-15H2,1-5H3,(H,29,33)(H,30,34)(H,31,35);3-9,13,18H,10-12,24H2,1-2H3,(H,25,28)(H,26,29);2-8,16H,9-11,21H2,1H3,(H,22,24)/t16-,21+;13-,18+;16-/m110/s1. The molecule has 27 heteroatoms. The molecule has 10 N–H and O–H groups in total. The minimum Gasteiger partial charge on any atom is -0.444 e. The van der Waals surface area contributed by atoms with Gasteiger partial charge < -0.3 is 62.3 Å². The molecule has 504 valence electrons. The first-order valence-corrected chi connectivity index (χ1v) is 30.4. The number of nitrogens with zero attached hydrogens (tertiary/aromatic N) is 3. The summed E-state index contributed by atoms with van der Waals surface area (Å²) >= 11 is 0. The molecule has 5 atom stereocenters. The zero-order chi connectivity index (χ0) is 69.3. The minimum absolute atomic E-state index is 0.185. The highest BCUT2D eigenvalue weighted by molar-refractivity contribution is 5.92. The van der Waals surface area contributed by atoms with Crippen molar-refractivity contribution >= 4 is 71.0 Å². The molecule has 0 spiro atoms. The van der Waals surface area contributed by atoms with Crippen LogP contribution in [-0.2, 0) is 62.6 Å². The van der Waals surface area contributed by atoms with E-state index >= 15 is 0 Å². The van der Waals surface area contributed by atoms with Crippen molar-refractivity contribution in [2.45, 2.75) is 111 Å². The number of ether oxygens (including phenoxy) is 4. The maximum atomic E-state index is 15.0. The maximum absolute atomic E-state index is 15.0. The third-order valence-electron chi connectivity index (χ3n) is 14.7.